The number of carbonyl (C=O) groups excluding carboxylic acids is 3. The molecule has 6 heteroatoms. The van der Waals surface area contributed by atoms with Crippen molar-refractivity contribution in [2.24, 2.45) is 5.92 Å². The summed E-state index contributed by atoms with van der Waals surface area (Å²) in [5.41, 5.74) is -0.995. The van der Waals surface area contributed by atoms with Gasteiger partial charge in [-0.1, -0.05) is 12.8 Å². The molecule has 1 atom stereocenters. The molecule has 0 aromatic heterocycles. The highest BCUT2D eigenvalue weighted by molar-refractivity contribution is 6.09. The van der Waals surface area contributed by atoms with Crippen molar-refractivity contribution in [1.82, 2.24) is 15.5 Å². The highest BCUT2D eigenvalue weighted by Crippen LogP contribution is 2.42. The van der Waals surface area contributed by atoms with Crippen LogP contribution in [0.2, 0.25) is 0 Å². The van der Waals surface area contributed by atoms with Gasteiger partial charge in [-0.05, 0) is 45.4 Å². The molecule has 2 saturated carbocycles. The summed E-state index contributed by atoms with van der Waals surface area (Å²) in [4.78, 5) is 37.7. The second kappa shape index (κ2) is 4.71. The van der Waals surface area contributed by atoms with Gasteiger partial charge in [0.25, 0.3) is 5.91 Å². The molecule has 116 valence electrons. The zero-order valence-electron chi connectivity index (χ0n) is 12.7. The maximum atomic E-state index is 12.4. The number of urea groups is 1. The molecule has 0 aromatic carbocycles. The molecular formula is C15H23N3O3. The van der Waals surface area contributed by atoms with Crippen molar-refractivity contribution < 1.29 is 14.4 Å². The Morgan fingerprint density at radius 1 is 1.29 bits per heavy atom. The minimum absolute atomic E-state index is 0.178. The summed E-state index contributed by atoms with van der Waals surface area (Å²) in [6, 6.07) is -0.443. The van der Waals surface area contributed by atoms with Crippen LogP contribution in [0.5, 0.6) is 0 Å². The molecule has 0 aromatic rings. The predicted octanol–water partition coefficient (Wildman–Crippen LogP) is 1.16. The van der Waals surface area contributed by atoms with Crippen LogP contribution in [0.25, 0.3) is 0 Å². The van der Waals surface area contributed by atoms with Gasteiger partial charge >= 0.3 is 6.03 Å². The SMILES string of the molecule is CC1(NC(=O)CN2C(=O)NC(C)(C3CC3)C2=O)CCCC1. The second-order valence-corrected chi connectivity index (χ2v) is 7.11. The lowest BCUT2D eigenvalue weighted by molar-refractivity contribution is -0.135. The van der Waals surface area contributed by atoms with Crippen LogP contribution in [-0.4, -0.2) is 40.4 Å². The Morgan fingerprint density at radius 3 is 2.48 bits per heavy atom. The van der Waals surface area contributed by atoms with E-state index >= 15 is 0 Å². The zero-order chi connectivity index (χ0) is 15.3. The number of imide groups is 1. The Hall–Kier alpha value is -1.59. The fourth-order valence-corrected chi connectivity index (χ4v) is 3.60. The summed E-state index contributed by atoms with van der Waals surface area (Å²) in [6.45, 7) is 3.61. The fraction of sp³-hybridized carbons (Fsp3) is 0.800. The number of rotatable bonds is 4. The molecule has 1 saturated heterocycles. The van der Waals surface area contributed by atoms with E-state index in [9.17, 15) is 14.4 Å². The Balaban J connectivity index is 1.63. The molecule has 1 heterocycles. The first-order chi connectivity index (χ1) is 9.84. The summed E-state index contributed by atoms with van der Waals surface area (Å²) in [5.74, 6) is -0.293. The van der Waals surface area contributed by atoms with Crippen molar-refractivity contribution in [3.05, 3.63) is 0 Å². The molecule has 1 aliphatic heterocycles. The van der Waals surface area contributed by atoms with Gasteiger partial charge in [0.2, 0.25) is 5.91 Å². The van der Waals surface area contributed by atoms with E-state index in [-0.39, 0.29) is 29.8 Å². The number of hydrogen-bond acceptors (Lipinski definition) is 3. The van der Waals surface area contributed by atoms with Gasteiger partial charge in [-0.2, -0.15) is 0 Å². The highest BCUT2D eigenvalue weighted by Gasteiger charge is 2.56. The largest absolute Gasteiger partial charge is 0.349 e. The molecule has 6 nitrogen and oxygen atoms in total. The first-order valence-corrected chi connectivity index (χ1v) is 7.79. The third-order valence-electron chi connectivity index (χ3n) is 5.15. The third kappa shape index (κ3) is 2.51. The van der Waals surface area contributed by atoms with Gasteiger partial charge in [-0.25, -0.2) is 4.79 Å². The average Bonchev–Trinajstić information content (AvgIpc) is 3.14. The first-order valence-electron chi connectivity index (χ1n) is 7.79. The van der Waals surface area contributed by atoms with Crippen molar-refractivity contribution in [3.63, 3.8) is 0 Å². The maximum Gasteiger partial charge on any atom is 0.325 e. The van der Waals surface area contributed by atoms with E-state index in [4.69, 9.17) is 0 Å². The minimum atomic E-state index is -0.811. The lowest BCUT2D eigenvalue weighted by Gasteiger charge is -2.26. The van der Waals surface area contributed by atoms with Crippen LogP contribution < -0.4 is 10.6 Å². The molecule has 0 radical (unpaired) electrons. The Labute approximate surface area is 124 Å². The lowest BCUT2D eigenvalue weighted by Crippen LogP contribution is -2.50. The van der Waals surface area contributed by atoms with Crippen molar-refractivity contribution >= 4 is 17.8 Å². The van der Waals surface area contributed by atoms with Crippen LogP contribution >= 0.6 is 0 Å². The first kappa shape index (κ1) is 14.4. The molecule has 3 fully saturated rings. The van der Waals surface area contributed by atoms with Gasteiger partial charge in [0, 0.05) is 5.54 Å². The molecule has 0 spiro atoms. The van der Waals surface area contributed by atoms with Gasteiger partial charge in [-0.3, -0.25) is 14.5 Å². The fourth-order valence-electron chi connectivity index (χ4n) is 3.60. The zero-order valence-corrected chi connectivity index (χ0v) is 12.7. The van der Waals surface area contributed by atoms with E-state index in [1.807, 2.05) is 6.92 Å². The third-order valence-corrected chi connectivity index (χ3v) is 5.15. The molecule has 3 rings (SSSR count). The molecule has 1 unspecified atom stereocenters. The van der Waals surface area contributed by atoms with E-state index in [1.165, 1.54) is 0 Å². The molecule has 3 aliphatic rings. The van der Waals surface area contributed by atoms with E-state index in [0.717, 1.165) is 43.4 Å². The van der Waals surface area contributed by atoms with E-state index in [2.05, 4.69) is 10.6 Å². The topological polar surface area (TPSA) is 78.5 Å². The van der Waals surface area contributed by atoms with Crippen molar-refractivity contribution in [3.8, 4) is 0 Å². The van der Waals surface area contributed by atoms with Crippen LogP contribution in [0.15, 0.2) is 0 Å². The molecule has 4 amide bonds. The monoisotopic (exact) mass is 293 g/mol. The Morgan fingerprint density at radius 2 is 1.90 bits per heavy atom. The van der Waals surface area contributed by atoms with Crippen LogP contribution in [0.4, 0.5) is 4.79 Å². The molecule has 2 N–H and O–H groups in total. The molecular weight excluding hydrogens is 270 g/mol. The van der Waals surface area contributed by atoms with Gasteiger partial charge in [0.15, 0.2) is 0 Å². The summed E-state index contributed by atoms with van der Waals surface area (Å²) >= 11 is 0. The second-order valence-electron chi connectivity index (χ2n) is 7.11. The summed E-state index contributed by atoms with van der Waals surface area (Å²) < 4.78 is 0. The van der Waals surface area contributed by atoms with Crippen molar-refractivity contribution in [2.75, 3.05) is 6.54 Å². The normalized spacial score (nSPS) is 31.4. The summed E-state index contributed by atoms with van der Waals surface area (Å²) in [7, 11) is 0. The number of carbonyl (C=O) groups is 3. The number of nitrogens with one attached hydrogen (secondary N) is 2. The Bertz CT molecular complexity index is 494. The van der Waals surface area contributed by atoms with E-state index in [0.29, 0.717) is 0 Å². The summed E-state index contributed by atoms with van der Waals surface area (Å²) in [5, 5.41) is 5.74. The van der Waals surface area contributed by atoms with Gasteiger partial charge in [0.05, 0.1) is 0 Å². The minimum Gasteiger partial charge on any atom is -0.349 e. The van der Waals surface area contributed by atoms with Crippen LogP contribution in [0, 0.1) is 5.92 Å². The Kier molecular flexibility index (Phi) is 3.22. The van der Waals surface area contributed by atoms with Gasteiger partial charge < -0.3 is 10.6 Å². The molecule has 2 aliphatic carbocycles. The van der Waals surface area contributed by atoms with Crippen LogP contribution in [0.1, 0.15) is 52.4 Å². The number of nitrogens with zero attached hydrogens (tertiary/aromatic N) is 1. The van der Waals surface area contributed by atoms with Gasteiger partial charge in [0.1, 0.15) is 12.1 Å². The van der Waals surface area contributed by atoms with E-state index < -0.39 is 11.6 Å². The average molecular weight is 293 g/mol. The van der Waals surface area contributed by atoms with Crippen LogP contribution in [0.3, 0.4) is 0 Å². The standard InChI is InChI=1S/C15H23N3O3/c1-14(7-3-4-8-14)16-11(19)9-18-12(20)15(2,10-5-6-10)17-13(18)21/h10H,3-9H2,1-2H3,(H,16,19)(H,17,21). The smallest absolute Gasteiger partial charge is 0.325 e. The summed E-state index contributed by atoms with van der Waals surface area (Å²) in [6.07, 6.45) is 6.05. The highest BCUT2D eigenvalue weighted by atomic mass is 16.2. The van der Waals surface area contributed by atoms with E-state index in [1.54, 1.807) is 6.92 Å². The lowest BCUT2D eigenvalue weighted by atomic mass is 9.96. The number of amides is 4. The van der Waals surface area contributed by atoms with Crippen molar-refractivity contribution in [2.45, 2.75) is 63.5 Å². The van der Waals surface area contributed by atoms with Crippen molar-refractivity contribution in [1.29, 1.82) is 0 Å². The quantitative estimate of drug-likeness (QED) is 0.763. The predicted molar refractivity (Wildman–Crippen MR) is 76.4 cm³/mol. The maximum absolute atomic E-state index is 12.4. The number of hydrogen-bond donors (Lipinski definition) is 2. The van der Waals surface area contributed by atoms with Crippen LogP contribution in [-0.2, 0) is 9.59 Å². The molecule has 21 heavy (non-hydrogen) atoms. The van der Waals surface area contributed by atoms with Gasteiger partial charge in [-0.15, -0.1) is 0 Å². The molecule has 0 bridgehead atoms.